The third-order valence-corrected chi connectivity index (χ3v) is 5.77. The number of thioether (sulfide) groups is 2. The van der Waals surface area contributed by atoms with Crippen LogP contribution in [0.3, 0.4) is 0 Å². The summed E-state index contributed by atoms with van der Waals surface area (Å²) in [6.07, 6.45) is -4.51. The van der Waals surface area contributed by atoms with Gasteiger partial charge in [0.1, 0.15) is 0 Å². The lowest BCUT2D eigenvalue weighted by atomic mass is 10.1. The molecule has 0 radical (unpaired) electrons. The van der Waals surface area contributed by atoms with Crippen LogP contribution in [-0.4, -0.2) is 24.3 Å². The van der Waals surface area contributed by atoms with E-state index in [-0.39, 0.29) is 15.8 Å². The molecule has 3 nitrogen and oxygen atoms in total. The number of halogens is 3. The first-order valence-corrected chi connectivity index (χ1v) is 10.2. The Labute approximate surface area is 176 Å². The van der Waals surface area contributed by atoms with Crippen LogP contribution >= 0.6 is 23.5 Å². The number of rotatable bonds is 5. The maximum atomic E-state index is 13.2. The highest BCUT2D eigenvalue weighted by molar-refractivity contribution is 8.26. The Balaban J connectivity index is 2.78. The molecule has 0 heterocycles. The Kier molecular flexibility index (Phi) is 7.60. The number of benzene rings is 2. The van der Waals surface area contributed by atoms with Crippen LogP contribution in [0.1, 0.15) is 30.5 Å². The van der Waals surface area contributed by atoms with E-state index in [0.29, 0.717) is 15.4 Å². The number of carbonyl (C=O) groups is 2. The fourth-order valence-electron chi connectivity index (χ4n) is 2.52. The van der Waals surface area contributed by atoms with Crippen LogP contribution in [0.4, 0.5) is 18.9 Å². The van der Waals surface area contributed by atoms with Gasteiger partial charge >= 0.3 is 6.18 Å². The average molecular weight is 440 g/mol. The van der Waals surface area contributed by atoms with Crippen LogP contribution in [-0.2, 0) is 15.8 Å². The molecule has 0 unspecified atom stereocenters. The van der Waals surface area contributed by atoms with E-state index in [1.54, 1.807) is 12.1 Å². The molecule has 8 heteroatoms. The van der Waals surface area contributed by atoms with E-state index in [2.05, 4.69) is 0 Å². The van der Waals surface area contributed by atoms with Gasteiger partial charge in [-0.05, 0) is 35.4 Å². The summed E-state index contributed by atoms with van der Waals surface area (Å²) in [5.41, 5.74) is 0.933. The van der Waals surface area contributed by atoms with Crippen LogP contribution < -0.4 is 4.90 Å². The molecular formula is C21H20F3NO2S2. The molecule has 0 atom stereocenters. The highest BCUT2D eigenvalue weighted by atomic mass is 32.2. The molecule has 0 aliphatic rings. The van der Waals surface area contributed by atoms with Crippen molar-refractivity contribution in [2.24, 2.45) is 0 Å². The molecule has 0 saturated heterocycles. The van der Waals surface area contributed by atoms with Gasteiger partial charge in [-0.1, -0.05) is 47.8 Å². The fourth-order valence-corrected chi connectivity index (χ4v) is 4.26. The van der Waals surface area contributed by atoms with Crippen LogP contribution in [0.25, 0.3) is 9.81 Å². The predicted octanol–water partition coefficient (Wildman–Crippen LogP) is 6.16. The van der Waals surface area contributed by atoms with E-state index < -0.39 is 11.7 Å². The highest BCUT2D eigenvalue weighted by Gasteiger charge is 2.31. The SMILES string of the molecule is CC(=O)S/C(=C(/SC(C)=O)c1cccc(C(F)(F)F)c1)c1cccc(N(C)C)c1. The standard InChI is InChI=1S/C21H20F3NO2S2/c1-13(26)28-19(15-7-5-9-17(11-15)21(22,23)24)20(29-14(2)27)16-8-6-10-18(12-16)25(3)4/h5-12H,1-4H3/b20-19+. The first-order chi connectivity index (χ1) is 13.5. The van der Waals surface area contributed by atoms with Gasteiger partial charge in [0.2, 0.25) is 0 Å². The van der Waals surface area contributed by atoms with Gasteiger partial charge in [0.15, 0.2) is 10.2 Å². The summed E-state index contributed by atoms with van der Waals surface area (Å²) in [6.45, 7) is 2.72. The molecule has 0 amide bonds. The normalized spacial score (nSPS) is 12.4. The fraction of sp³-hybridized carbons (Fsp3) is 0.238. The van der Waals surface area contributed by atoms with Crippen LogP contribution in [0.2, 0.25) is 0 Å². The number of nitrogens with zero attached hydrogens (tertiary/aromatic N) is 1. The first kappa shape index (κ1) is 23.1. The number of hydrogen-bond donors (Lipinski definition) is 0. The van der Waals surface area contributed by atoms with Crippen LogP contribution in [0, 0.1) is 0 Å². The van der Waals surface area contributed by atoms with Crippen molar-refractivity contribution >= 4 is 49.3 Å². The number of carbonyl (C=O) groups excluding carboxylic acids is 2. The predicted molar refractivity (Wildman–Crippen MR) is 116 cm³/mol. The second kappa shape index (κ2) is 9.54. The quantitative estimate of drug-likeness (QED) is 0.522. The van der Waals surface area contributed by atoms with Gasteiger partial charge in [-0.2, -0.15) is 13.2 Å². The number of hydrogen-bond acceptors (Lipinski definition) is 5. The largest absolute Gasteiger partial charge is 0.416 e. The van der Waals surface area contributed by atoms with Crippen molar-refractivity contribution in [1.82, 2.24) is 0 Å². The van der Waals surface area contributed by atoms with E-state index >= 15 is 0 Å². The maximum Gasteiger partial charge on any atom is 0.416 e. The van der Waals surface area contributed by atoms with Crippen molar-refractivity contribution < 1.29 is 22.8 Å². The van der Waals surface area contributed by atoms with E-state index in [4.69, 9.17) is 0 Å². The van der Waals surface area contributed by atoms with Crippen molar-refractivity contribution in [3.8, 4) is 0 Å². The summed E-state index contributed by atoms with van der Waals surface area (Å²) in [6, 6.07) is 12.1. The van der Waals surface area contributed by atoms with E-state index in [1.807, 2.05) is 31.1 Å². The van der Waals surface area contributed by atoms with Gasteiger partial charge in [-0.25, -0.2) is 0 Å². The van der Waals surface area contributed by atoms with E-state index in [9.17, 15) is 22.8 Å². The summed E-state index contributed by atoms with van der Waals surface area (Å²) in [4.78, 5) is 26.5. The Hall–Kier alpha value is -2.19. The Morgan fingerprint density at radius 3 is 1.76 bits per heavy atom. The van der Waals surface area contributed by atoms with Gasteiger partial charge in [0.25, 0.3) is 0 Å². The van der Waals surface area contributed by atoms with Crippen molar-refractivity contribution in [2.45, 2.75) is 20.0 Å². The molecule has 0 N–H and O–H groups in total. The molecule has 0 spiro atoms. The topological polar surface area (TPSA) is 37.4 Å². The molecule has 2 aromatic carbocycles. The van der Waals surface area contributed by atoms with Crippen LogP contribution in [0.5, 0.6) is 0 Å². The minimum Gasteiger partial charge on any atom is -0.378 e. The summed E-state index contributed by atoms with van der Waals surface area (Å²) < 4.78 is 39.6. The lowest BCUT2D eigenvalue weighted by Gasteiger charge is -2.18. The second-order valence-corrected chi connectivity index (χ2v) is 8.74. The minimum absolute atomic E-state index is 0.233. The van der Waals surface area contributed by atoms with Crippen molar-refractivity contribution in [1.29, 1.82) is 0 Å². The van der Waals surface area contributed by atoms with Gasteiger partial charge in [-0.3, -0.25) is 9.59 Å². The number of alkyl halides is 3. The van der Waals surface area contributed by atoms with E-state index in [0.717, 1.165) is 41.3 Å². The zero-order chi connectivity index (χ0) is 21.8. The summed E-state index contributed by atoms with van der Waals surface area (Å²) in [5.74, 6) is 0. The van der Waals surface area contributed by atoms with Gasteiger partial charge in [-0.15, -0.1) is 0 Å². The Morgan fingerprint density at radius 1 is 0.828 bits per heavy atom. The minimum atomic E-state index is -4.51. The molecule has 0 saturated carbocycles. The lowest BCUT2D eigenvalue weighted by molar-refractivity contribution is -0.137. The molecule has 0 aliphatic heterocycles. The molecule has 2 aromatic rings. The maximum absolute atomic E-state index is 13.2. The van der Waals surface area contributed by atoms with Crippen molar-refractivity contribution in [3.05, 3.63) is 65.2 Å². The zero-order valence-electron chi connectivity index (χ0n) is 16.3. The zero-order valence-corrected chi connectivity index (χ0v) is 18.0. The molecule has 0 fully saturated rings. The van der Waals surface area contributed by atoms with Gasteiger partial charge in [0, 0.05) is 43.4 Å². The summed E-state index contributed by atoms with van der Waals surface area (Å²) in [7, 11) is 3.72. The highest BCUT2D eigenvalue weighted by Crippen LogP contribution is 2.44. The number of anilines is 1. The van der Waals surface area contributed by atoms with Gasteiger partial charge < -0.3 is 4.90 Å². The smallest absolute Gasteiger partial charge is 0.378 e. The van der Waals surface area contributed by atoms with Crippen molar-refractivity contribution in [3.63, 3.8) is 0 Å². The molecule has 0 aliphatic carbocycles. The molecule has 154 valence electrons. The Morgan fingerprint density at radius 2 is 1.31 bits per heavy atom. The third-order valence-electron chi connectivity index (χ3n) is 3.77. The summed E-state index contributed by atoms with van der Waals surface area (Å²) >= 11 is 1.72. The van der Waals surface area contributed by atoms with Crippen molar-refractivity contribution in [2.75, 3.05) is 19.0 Å². The molecular weight excluding hydrogens is 419 g/mol. The molecule has 0 aromatic heterocycles. The molecule has 2 rings (SSSR count). The third kappa shape index (κ3) is 6.40. The average Bonchev–Trinajstić information content (AvgIpc) is 2.63. The lowest BCUT2D eigenvalue weighted by Crippen LogP contribution is -2.08. The second-order valence-electron chi connectivity index (χ2n) is 6.37. The molecule has 29 heavy (non-hydrogen) atoms. The van der Waals surface area contributed by atoms with Gasteiger partial charge in [0.05, 0.1) is 5.56 Å². The molecule has 0 bridgehead atoms. The monoisotopic (exact) mass is 439 g/mol. The van der Waals surface area contributed by atoms with Crippen LogP contribution in [0.15, 0.2) is 48.5 Å². The summed E-state index contributed by atoms with van der Waals surface area (Å²) in [5, 5.41) is -0.522. The Bertz CT molecular complexity index is 953. The first-order valence-electron chi connectivity index (χ1n) is 8.55. The van der Waals surface area contributed by atoms with E-state index in [1.165, 1.54) is 26.0 Å².